The molecule has 0 atom stereocenters. The molecular weight excluding hydrogens is 178 g/mol. The van der Waals surface area contributed by atoms with Crippen molar-refractivity contribution in [3.8, 4) is 17.6 Å². The monoisotopic (exact) mass is 187 g/mol. The van der Waals surface area contributed by atoms with E-state index in [9.17, 15) is 5.11 Å². The minimum absolute atomic E-state index is 0.144. The van der Waals surface area contributed by atoms with Crippen LogP contribution >= 0.6 is 0 Å². The lowest BCUT2D eigenvalue weighted by molar-refractivity contribution is 0.474. The van der Waals surface area contributed by atoms with E-state index in [1.165, 1.54) is 0 Å². The first-order valence-electron chi connectivity index (χ1n) is 4.03. The minimum Gasteiger partial charge on any atom is -0.508 e. The molecule has 14 heavy (non-hydrogen) atoms. The molecule has 1 aromatic carbocycles. The number of phenolic OH excluding ortho intramolecular Hbond substituents is 1. The predicted molar refractivity (Wildman–Crippen MR) is 53.7 cm³/mol. The van der Waals surface area contributed by atoms with Gasteiger partial charge in [0.05, 0.1) is 6.54 Å². The van der Waals surface area contributed by atoms with Gasteiger partial charge in [0.2, 0.25) is 0 Å². The van der Waals surface area contributed by atoms with Gasteiger partial charge in [0.25, 0.3) is 0 Å². The highest BCUT2D eigenvalue weighted by atomic mass is 16.3. The summed E-state index contributed by atoms with van der Waals surface area (Å²) in [6.07, 6.45) is 0. The van der Waals surface area contributed by atoms with Crippen LogP contribution in [0.25, 0.3) is 10.4 Å². The molecule has 0 heterocycles. The standard InChI is InChI=1S/C10H9N3O/c1-8-5-9(7-10(14)6-8)3-2-4-12-13-11/h5-7,14H,4H2,1H3. The zero-order valence-corrected chi connectivity index (χ0v) is 7.73. The fraction of sp³-hybridized carbons (Fsp3) is 0.200. The van der Waals surface area contributed by atoms with E-state index >= 15 is 0 Å². The second-order valence-corrected chi connectivity index (χ2v) is 2.75. The maximum absolute atomic E-state index is 9.25. The van der Waals surface area contributed by atoms with E-state index in [1.807, 2.05) is 13.0 Å². The van der Waals surface area contributed by atoms with Crippen molar-refractivity contribution in [2.45, 2.75) is 6.92 Å². The molecule has 0 saturated carbocycles. The first-order valence-corrected chi connectivity index (χ1v) is 4.03. The van der Waals surface area contributed by atoms with E-state index in [0.29, 0.717) is 0 Å². The molecule has 0 saturated heterocycles. The Morgan fingerprint density at radius 1 is 1.50 bits per heavy atom. The third-order valence-electron chi connectivity index (χ3n) is 1.51. The number of benzene rings is 1. The molecule has 1 rings (SSSR count). The predicted octanol–water partition coefficient (Wildman–Crippen LogP) is 2.36. The summed E-state index contributed by atoms with van der Waals surface area (Å²) in [5.41, 5.74) is 9.66. The molecule has 0 amide bonds. The van der Waals surface area contributed by atoms with Crippen LogP contribution in [-0.4, -0.2) is 11.7 Å². The topological polar surface area (TPSA) is 69.0 Å². The summed E-state index contributed by atoms with van der Waals surface area (Å²) < 4.78 is 0. The third-order valence-corrected chi connectivity index (χ3v) is 1.51. The van der Waals surface area contributed by atoms with Crippen molar-refractivity contribution >= 4 is 0 Å². The number of rotatable bonds is 1. The van der Waals surface area contributed by atoms with Crippen molar-refractivity contribution in [2.75, 3.05) is 6.54 Å². The van der Waals surface area contributed by atoms with Crippen LogP contribution in [-0.2, 0) is 0 Å². The SMILES string of the molecule is Cc1cc(O)cc(C#CCN=[N+]=[N-])c1. The summed E-state index contributed by atoms with van der Waals surface area (Å²) >= 11 is 0. The van der Waals surface area contributed by atoms with Crippen molar-refractivity contribution < 1.29 is 5.11 Å². The van der Waals surface area contributed by atoms with Crippen molar-refractivity contribution in [3.05, 3.63) is 39.8 Å². The molecule has 70 valence electrons. The second-order valence-electron chi connectivity index (χ2n) is 2.75. The molecular formula is C10H9N3O. The van der Waals surface area contributed by atoms with Crippen LogP contribution in [0.2, 0.25) is 0 Å². The first-order chi connectivity index (χ1) is 6.72. The Hall–Kier alpha value is -2.11. The molecule has 0 aromatic heterocycles. The highest BCUT2D eigenvalue weighted by Gasteiger charge is 1.92. The minimum atomic E-state index is 0.144. The number of hydrogen-bond donors (Lipinski definition) is 1. The normalized spacial score (nSPS) is 8.36. The highest BCUT2D eigenvalue weighted by Crippen LogP contribution is 2.13. The van der Waals surface area contributed by atoms with Crippen LogP contribution in [0.3, 0.4) is 0 Å². The smallest absolute Gasteiger partial charge is 0.117 e. The molecule has 0 aliphatic heterocycles. The van der Waals surface area contributed by atoms with E-state index in [1.54, 1.807) is 12.1 Å². The average molecular weight is 187 g/mol. The van der Waals surface area contributed by atoms with Gasteiger partial charge in [0.1, 0.15) is 5.75 Å². The van der Waals surface area contributed by atoms with Crippen LogP contribution in [0.15, 0.2) is 23.3 Å². The van der Waals surface area contributed by atoms with Crippen molar-refractivity contribution in [2.24, 2.45) is 5.11 Å². The quantitative estimate of drug-likeness (QED) is 0.312. The number of nitrogens with zero attached hydrogens (tertiary/aromatic N) is 3. The Morgan fingerprint density at radius 3 is 2.93 bits per heavy atom. The zero-order chi connectivity index (χ0) is 10.4. The lowest BCUT2D eigenvalue weighted by Crippen LogP contribution is -1.78. The van der Waals surface area contributed by atoms with Crippen molar-refractivity contribution in [1.29, 1.82) is 0 Å². The zero-order valence-electron chi connectivity index (χ0n) is 7.73. The Morgan fingerprint density at radius 2 is 2.29 bits per heavy atom. The molecule has 1 aromatic rings. The Balaban J connectivity index is 2.84. The molecule has 0 radical (unpaired) electrons. The van der Waals surface area contributed by atoms with Gasteiger partial charge in [0, 0.05) is 10.5 Å². The number of phenols is 1. The van der Waals surface area contributed by atoms with Gasteiger partial charge in [-0.3, -0.25) is 0 Å². The summed E-state index contributed by atoms with van der Waals surface area (Å²) in [6.45, 7) is 2.02. The van der Waals surface area contributed by atoms with Crippen molar-refractivity contribution in [3.63, 3.8) is 0 Å². The van der Waals surface area contributed by atoms with Gasteiger partial charge in [-0.15, -0.1) is 0 Å². The molecule has 0 unspecified atom stereocenters. The Labute approximate surface area is 81.8 Å². The van der Waals surface area contributed by atoms with Crippen LogP contribution in [0, 0.1) is 18.8 Å². The number of aryl methyl sites for hydroxylation is 1. The van der Waals surface area contributed by atoms with Gasteiger partial charge in [-0.05, 0) is 36.2 Å². The molecule has 0 aliphatic rings. The lowest BCUT2D eigenvalue weighted by atomic mass is 10.1. The van der Waals surface area contributed by atoms with Gasteiger partial charge < -0.3 is 5.11 Å². The van der Waals surface area contributed by atoms with E-state index in [2.05, 4.69) is 21.9 Å². The molecule has 0 bridgehead atoms. The Bertz CT molecular complexity index is 416. The van der Waals surface area contributed by atoms with Gasteiger partial charge in [0.15, 0.2) is 0 Å². The van der Waals surface area contributed by atoms with E-state index in [0.717, 1.165) is 11.1 Å². The van der Waals surface area contributed by atoms with Gasteiger partial charge >= 0.3 is 0 Å². The van der Waals surface area contributed by atoms with Crippen LogP contribution in [0.5, 0.6) is 5.75 Å². The number of aromatic hydroxyl groups is 1. The van der Waals surface area contributed by atoms with E-state index in [4.69, 9.17) is 5.53 Å². The molecule has 1 N–H and O–H groups in total. The van der Waals surface area contributed by atoms with E-state index in [-0.39, 0.29) is 12.3 Å². The third kappa shape index (κ3) is 3.10. The van der Waals surface area contributed by atoms with E-state index < -0.39 is 0 Å². The fourth-order valence-corrected chi connectivity index (χ4v) is 1.04. The molecule has 0 fully saturated rings. The largest absolute Gasteiger partial charge is 0.508 e. The molecule has 0 spiro atoms. The summed E-state index contributed by atoms with van der Waals surface area (Å²) in [4.78, 5) is 2.58. The van der Waals surface area contributed by atoms with Gasteiger partial charge in [-0.1, -0.05) is 17.0 Å². The Kier molecular flexibility index (Phi) is 3.42. The summed E-state index contributed by atoms with van der Waals surface area (Å²) in [5.74, 6) is 5.65. The maximum Gasteiger partial charge on any atom is 0.117 e. The summed E-state index contributed by atoms with van der Waals surface area (Å²) in [6, 6.07) is 5.07. The number of hydrogen-bond acceptors (Lipinski definition) is 2. The fourth-order valence-electron chi connectivity index (χ4n) is 1.04. The van der Waals surface area contributed by atoms with Crippen LogP contribution in [0.1, 0.15) is 11.1 Å². The second kappa shape index (κ2) is 4.80. The van der Waals surface area contributed by atoms with Gasteiger partial charge in [-0.2, -0.15) is 0 Å². The highest BCUT2D eigenvalue weighted by molar-refractivity contribution is 5.42. The molecule has 4 nitrogen and oxygen atoms in total. The van der Waals surface area contributed by atoms with Crippen molar-refractivity contribution in [1.82, 2.24) is 0 Å². The summed E-state index contributed by atoms with van der Waals surface area (Å²) in [5, 5.41) is 12.5. The van der Waals surface area contributed by atoms with Crippen LogP contribution in [0.4, 0.5) is 0 Å². The maximum atomic E-state index is 9.25. The lowest BCUT2D eigenvalue weighted by Gasteiger charge is -1.96. The van der Waals surface area contributed by atoms with Gasteiger partial charge in [-0.25, -0.2) is 0 Å². The molecule has 4 heteroatoms. The average Bonchev–Trinajstić information content (AvgIpc) is 2.11. The van der Waals surface area contributed by atoms with Crippen LogP contribution < -0.4 is 0 Å². The number of azide groups is 1. The first kappa shape index (κ1) is 9.97. The molecule has 0 aliphatic carbocycles. The summed E-state index contributed by atoms with van der Waals surface area (Å²) in [7, 11) is 0.